The second-order valence-corrected chi connectivity index (χ2v) is 5.71. The number of aliphatic carboxylic acids is 1. The molecule has 1 aliphatic rings. The third-order valence-corrected chi connectivity index (χ3v) is 3.81. The molecule has 1 rings (SSSR count). The van der Waals surface area contributed by atoms with Gasteiger partial charge in [0.05, 0.1) is 6.42 Å². The van der Waals surface area contributed by atoms with Crippen LogP contribution in [0.5, 0.6) is 0 Å². The Bertz CT molecular complexity index is 368. The normalized spacial score (nSPS) is 22.4. The SMILES string of the molecule is CC(C)C1CCCCC1NC(=O)NC(=O)CCC(=O)O. The van der Waals surface area contributed by atoms with Gasteiger partial charge in [0.15, 0.2) is 0 Å². The molecule has 0 radical (unpaired) electrons. The molecule has 0 aromatic heterocycles. The van der Waals surface area contributed by atoms with Crippen molar-refractivity contribution in [1.82, 2.24) is 10.6 Å². The average Bonchev–Trinajstić information content (AvgIpc) is 2.36. The lowest BCUT2D eigenvalue weighted by atomic mass is 9.78. The zero-order valence-electron chi connectivity index (χ0n) is 12.1. The highest BCUT2D eigenvalue weighted by Crippen LogP contribution is 2.30. The Balaban J connectivity index is 2.40. The summed E-state index contributed by atoms with van der Waals surface area (Å²) < 4.78 is 0. The van der Waals surface area contributed by atoms with Crippen LogP contribution < -0.4 is 10.6 Å². The molecule has 1 fully saturated rings. The number of hydrogen-bond acceptors (Lipinski definition) is 3. The first-order valence-electron chi connectivity index (χ1n) is 7.22. The number of nitrogens with one attached hydrogen (secondary N) is 2. The van der Waals surface area contributed by atoms with Crippen LogP contribution in [0.1, 0.15) is 52.4 Å². The Morgan fingerprint density at radius 1 is 1.15 bits per heavy atom. The van der Waals surface area contributed by atoms with Crippen molar-refractivity contribution >= 4 is 17.9 Å². The van der Waals surface area contributed by atoms with Crippen LogP contribution in [-0.4, -0.2) is 29.1 Å². The van der Waals surface area contributed by atoms with E-state index in [9.17, 15) is 14.4 Å². The second-order valence-electron chi connectivity index (χ2n) is 5.71. The highest BCUT2D eigenvalue weighted by molar-refractivity contribution is 5.95. The van der Waals surface area contributed by atoms with Gasteiger partial charge in [-0.25, -0.2) is 4.79 Å². The monoisotopic (exact) mass is 284 g/mol. The molecule has 114 valence electrons. The summed E-state index contributed by atoms with van der Waals surface area (Å²) in [6.07, 6.45) is 3.84. The molecule has 0 spiro atoms. The molecule has 0 heterocycles. The van der Waals surface area contributed by atoms with Crippen LogP contribution in [0.15, 0.2) is 0 Å². The van der Waals surface area contributed by atoms with E-state index in [1.54, 1.807) is 0 Å². The lowest BCUT2D eigenvalue weighted by molar-refractivity contribution is -0.138. The van der Waals surface area contributed by atoms with E-state index < -0.39 is 17.9 Å². The predicted octanol–water partition coefficient (Wildman–Crippen LogP) is 1.89. The fraction of sp³-hybridized carbons (Fsp3) is 0.786. The van der Waals surface area contributed by atoms with Crippen LogP contribution >= 0.6 is 0 Å². The molecule has 0 aliphatic heterocycles. The highest BCUT2D eigenvalue weighted by Gasteiger charge is 2.28. The second kappa shape index (κ2) is 7.87. The summed E-state index contributed by atoms with van der Waals surface area (Å²) in [6, 6.07) is -0.422. The van der Waals surface area contributed by atoms with Crippen LogP contribution in [0, 0.1) is 11.8 Å². The van der Waals surface area contributed by atoms with Gasteiger partial charge in [-0.05, 0) is 24.7 Å². The van der Waals surface area contributed by atoms with Crippen molar-refractivity contribution in [1.29, 1.82) is 0 Å². The number of urea groups is 1. The van der Waals surface area contributed by atoms with Gasteiger partial charge in [-0.15, -0.1) is 0 Å². The molecule has 20 heavy (non-hydrogen) atoms. The lowest BCUT2D eigenvalue weighted by Crippen LogP contribution is -2.49. The van der Waals surface area contributed by atoms with Crippen molar-refractivity contribution in [2.45, 2.75) is 58.4 Å². The minimum Gasteiger partial charge on any atom is -0.481 e. The Labute approximate surface area is 119 Å². The van der Waals surface area contributed by atoms with E-state index in [0.717, 1.165) is 19.3 Å². The Morgan fingerprint density at radius 3 is 2.40 bits per heavy atom. The van der Waals surface area contributed by atoms with E-state index in [1.165, 1.54) is 6.42 Å². The van der Waals surface area contributed by atoms with Crippen LogP contribution in [0.25, 0.3) is 0 Å². The van der Waals surface area contributed by atoms with E-state index in [4.69, 9.17) is 5.11 Å². The first kappa shape index (κ1) is 16.5. The maximum absolute atomic E-state index is 11.7. The summed E-state index contributed by atoms with van der Waals surface area (Å²) in [5, 5.41) is 13.5. The summed E-state index contributed by atoms with van der Waals surface area (Å²) in [5.74, 6) is -0.679. The third kappa shape index (κ3) is 5.59. The van der Waals surface area contributed by atoms with Gasteiger partial charge in [0, 0.05) is 12.5 Å². The Morgan fingerprint density at radius 2 is 1.80 bits per heavy atom. The van der Waals surface area contributed by atoms with Gasteiger partial charge in [0.2, 0.25) is 5.91 Å². The smallest absolute Gasteiger partial charge is 0.321 e. The van der Waals surface area contributed by atoms with Gasteiger partial charge in [0.25, 0.3) is 0 Å². The highest BCUT2D eigenvalue weighted by atomic mass is 16.4. The van der Waals surface area contributed by atoms with Crippen LogP contribution in [0.3, 0.4) is 0 Å². The fourth-order valence-corrected chi connectivity index (χ4v) is 2.75. The third-order valence-electron chi connectivity index (χ3n) is 3.81. The van der Waals surface area contributed by atoms with Gasteiger partial charge in [0.1, 0.15) is 0 Å². The fourth-order valence-electron chi connectivity index (χ4n) is 2.75. The Hall–Kier alpha value is -1.59. The zero-order valence-corrected chi connectivity index (χ0v) is 12.1. The molecule has 2 atom stereocenters. The molecule has 1 aliphatic carbocycles. The number of carboxylic acid groups (broad SMARTS) is 1. The van der Waals surface area contributed by atoms with Gasteiger partial charge in [-0.1, -0.05) is 26.7 Å². The number of amides is 3. The number of carboxylic acids is 1. The van der Waals surface area contributed by atoms with E-state index in [-0.39, 0.29) is 18.9 Å². The Kier molecular flexibility index (Phi) is 6.48. The molecule has 3 amide bonds. The molecule has 1 saturated carbocycles. The molecule has 0 aromatic carbocycles. The van der Waals surface area contributed by atoms with Gasteiger partial charge >= 0.3 is 12.0 Å². The average molecular weight is 284 g/mol. The van der Waals surface area contributed by atoms with Crippen molar-refractivity contribution in [3.8, 4) is 0 Å². The molecule has 0 bridgehead atoms. The van der Waals surface area contributed by atoms with Crippen molar-refractivity contribution in [2.75, 3.05) is 0 Å². The van der Waals surface area contributed by atoms with E-state index in [1.807, 2.05) is 0 Å². The zero-order chi connectivity index (χ0) is 15.1. The summed E-state index contributed by atoms with van der Waals surface area (Å²) in [4.78, 5) is 33.5. The minimum absolute atomic E-state index is 0.0935. The van der Waals surface area contributed by atoms with Crippen LogP contribution in [-0.2, 0) is 9.59 Å². The first-order chi connectivity index (χ1) is 9.40. The van der Waals surface area contributed by atoms with Crippen molar-refractivity contribution < 1.29 is 19.5 Å². The lowest BCUT2D eigenvalue weighted by Gasteiger charge is -2.34. The largest absolute Gasteiger partial charge is 0.481 e. The minimum atomic E-state index is -1.05. The van der Waals surface area contributed by atoms with E-state index >= 15 is 0 Å². The number of hydrogen-bond donors (Lipinski definition) is 3. The maximum atomic E-state index is 11.7. The molecule has 0 aromatic rings. The molecule has 3 N–H and O–H groups in total. The van der Waals surface area contributed by atoms with Crippen LogP contribution in [0.2, 0.25) is 0 Å². The molecular formula is C14H24N2O4. The van der Waals surface area contributed by atoms with Crippen molar-refractivity contribution in [2.24, 2.45) is 11.8 Å². The molecule has 0 saturated heterocycles. The standard InChI is InChI=1S/C14H24N2O4/c1-9(2)10-5-3-4-6-11(10)15-14(20)16-12(17)7-8-13(18)19/h9-11H,3-8H2,1-2H3,(H,18,19)(H2,15,16,17,20). The molecule has 6 nitrogen and oxygen atoms in total. The number of rotatable bonds is 5. The van der Waals surface area contributed by atoms with Gasteiger partial charge in [-0.2, -0.15) is 0 Å². The molecule has 2 unspecified atom stereocenters. The van der Waals surface area contributed by atoms with Gasteiger partial charge < -0.3 is 10.4 Å². The summed E-state index contributed by atoms with van der Waals surface area (Å²) in [5.41, 5.74) is 0. The quantitative estimate of drug-likeness (QED) is 0.718. The first-order valence-corrected chi connectivity index (χ1v) is 7.22. The van der Waals surface area contributed by atoms with Crippen molar-refractivity contribution in [3.63, 3.8) is 0 Å². The molecular weight excluding hydrogens is 260 g/mol. The maximum Gasteiger partial charge on any atom is 0.321 e. The van der Waals surface area contributed by atoms with Gasteiger partial charge in [-0.3, -0.25) is 14.9 Å². The summed E-state index contributed by atoms with van der Waals surface area (Å²) in [6.45, 7) is 4.28. The number of imide groups is 1. The van der Waals surface area contributed by atoms with E-state index in [2.05, 4.69) is 24.5 Å². The summed E-state index contributed by atoms with van der Waals surface area (Å²) >= 11 is 0. The summed E-state index contributed by atoms with van der Waals surface area (Å²) in [7, 11) is 0. The number of carbonyl (C=O) groups is 3. The predicted molar refractivity (Wildman–Crippen MR) is 74.1 cm³/mol. The number of carbonyl (C=O) groups excluding carboxylic acids is 2. The van der Waals surface area contributed by atoms with Crippen LogP contribution in [0.4, 0.5) is 4.79 Å². The van der Waals surface area contributed by atoms with Crippen molar-refractivity contribution in [3.05, 3.63) is 0 Å². The van der Waals surface area contributed by atoms with E-state index in [0.29, 0.717) is 11.8 Å². The molecule has 6 heteroatoms. The topological polar surface area (TPSA) is 95.5 Å².